The van der Waals surface area contributed by atoms with Crippen LogP contribution in [0.4, 0.5) is 0 Å². The molecule has 19 heavy (non-hydrogen) atoms. The van der Waals surface area contributed by atoms with Crippen molar-refractivity contribution in [3.05, 3.63) is 47.5 Å². The molecule has 102 valence electrons. The molecule has 2 aromatic rings. The second-order valence-corrected chi connectivity index (χ2v) is 6.22. The van der Waals surface area contributed by atoms with Crippen LogP contribution in [0, 0.1) is 0 Å². The van der Waals surface area contributed by atoms with E-state index in [2.05, 4.69) is 10.1 Å². The van der Waals surface area contributed by atoms with Gasteiger partial charge in [-0.05, 0) is 17.7 Å². The number of rotatable bonds is 4. The number of hydrogen-bond donors (Lipinski definition) is 3. The molecule has 0 saturated carbocycles. The summed E-state index contributed by atoms with van der Waals surface area (Å²) in [7, 11) is -4.84. The second kappa shape index (κ2) is 5.03. The molecule has 0 amide bonds. The molecule has 7 nitrogen and oxygen atoms in total. The number of halogens is 1. The van der Waals surface area contributed by atoms with Gasteiger partial charge in [0.25, 0.3) is 0 Å². The average Bonchev–Trinajstić information content (AvgIpc) is 2.81. The van der Waals surface area contributed by atoms with Crippen molar-refractivity contribution in [2.75, 3.05) is 0 Å². The Morgan fingerprint density at radius 1 is 1.32 bits per heavy atom. The maximum Gasteiger partial charge on any atom is 0.363 e. The second-order valence-electron chi connectivity index (χ2n) is 3.96. The molecule has 0 fully saturated rings. The summed E-state index contributed by atoms with van der Waals surface area (Å²) in [6.07, 6.45) is 2.47. The van der Waals surface area contributed by atoms with Crippen LogP contribution in [0.15, 0.2) is 36.9 Å². The first-order valence-corrected chi connectivity index (χ1v) is 7.18. The summed E-state index contributed by atoms with van der Waals surface area (Å²) in [5.41, 5.74) is 0.0562. The van der Waals surface area contributed by atoms with Gasteiger partial charge in [0.05, 0.1) is 6.54 Å². The fraction of sp³-hybridized carbons (Fsp3) is 0.200. The zero-order valence-corrected chi connectivity index (χ0v) is 11.2. The maximum absolute atomic E-state index is 11.6. The molecule has 2 rings (SSSR count). The van der Waals surface area contributed by atoms with Gasteiger partial charge in [-0.2, -0.15) is 5.10 Å². The average molecular weight is 304 g/mol. The molecule has 3 N–H and O–H groups in total. The Bertz CT molecular complexity index is 598. The largest absolute Gasteiger partial charge is 0.372 e. The molecule has 0 aliphatic heterocycles. The minimum absolute atomic E-state index is 0.0562. The van der Waals surface area contributed by atoms with Crippen LogP contribution < -0.4 is 0 Å². The smallest absolute Gasteiger partial charge is 0.363 e. The Morgan fingerprint density at radius 2 is 1.95 bits per heavy atom. The lowest BCUT2D eigenvalue weighted by atomic mass is 10.1. The van der Waals surface area contributed by atoms with E-state index in [-0.39, 0.29) is 5.56 Å². The molecule has 0 aliphatic carbocycles. The van der Waals surface area contributed by atoms with Crippen LogP contribution in [-0.4, -0.2) is 29.7 Å². The molecule has 0 aliphatic rings. The third kappa shape index (κ3) is 2.86. The minimum Gasteiger partial charge on any atom is -0.372 e. The third-order valence-electron chi connectivity index (χ3n) is 2.64. The van der Waals surface area contributed by atoms with Gasteiger partial charge in [-0.15, -0.1) is 0 Å². The van der Waals surface area contributed by atoms with E-state index in [0.29, 0.717) is 5.02 Å². The highest BCUT2D eigenvalue weighted by molar-refractivity contribution is 7.52. The molecule has 1 unspecified atom stereocenters. The highest BCUT2D eigenvalue weighted by Crippen LogP contribution is 2.56. The van der Waals surface area contributed by atoms with E-state index in [9.17, 15) is 19.5 Å². The van der Waals surface area contributed by atoms with E-state index >= 15 is 0 Å². The standard InChI is InChI=1S/C10H11ClN3O4P/c11-9-3-1-8(2-4-9)10(15,19(16,17)18)5-14-7-12-6-13-14/h1-4,6-7,15H,5H2,(H2,16,17,18). The van der Waals surface area contributed by atoms with E-state index in [1.54, 1.807) is 0 Å². The molecular weight excluding hydrogens is 293 g/mol. The Kier molecular flexibility index (Phi) is 3.75. The lowest BCUT2D eigenvalue weighted by Crippen LogP contribution is -2.31. The van der Waals surface area contributed by atoms with Crippen molar-refractivity contribution in [3.8, 4) is 0 Å². The van der Waals surface area contributed by atoms with Crippen LogP contribution in [0.5, 0.6) is 0 Å². The van der Waals surface area contributed by atoms with Gasteiger partial charge in [0.15, 0.2) is 0 Å². The fourth-order valence-electron chi connectivity index (χ4n) is 1.61. The monoisotopic (exact) mass is 303 g/mol. The van der Waals surface area contributed by atoms with Crippen molar-refractivity contribution < 1.29 is 19.5 Å². The van der Waals surface area contributed by atoms with Crippen molar-refractivity contribution in [3.63, 3.8) is 0 Å². The molecule has 1 atom stereocenters. The first-order chi connectivity index (χ1) is 8.83. The summed E-state index contributed by atoms with van der Waals surface area (Å²) in [5.74, 6) is 0. The summed E-state index contributed by atoms with van der Waals surface area (Å²) in [4.78, 5) is 22.5. The Hall–Kier alpha value is -1.24. The van der Waals surface area contributed by atoms with Crippen LogP contribution >= 0.6 is 19.2 Å². The van der Waals surface area contributed by atoms with Gasteiger partial charge in [0.2, 0.25) is 5.34 Å². The van der Waals surface area contributed by atoms with Crippen LogP contribution in [0.1, 0.15) is 5.56 Å². The van der Waals surface area contributed by atoms with E-state index in [0.717, 1.165) is 4.68 Å². The minimum atomic E-state index is -4.84. The van der Waals surface area contributed by atoms with Gasteiger partial charge in [0, 0.05) is 5.02 Å². The van der Waals surface area contributed by atoms with Crippen molar-refractivity contribution >= 4 is 19.2 Å². The molecule has 0 bridgehead atoms. The molecule has 0 radical (unpaired) electrons. The number of benzene rings is 1. The molecule has 0 spiro atoms. The van der Waals surface area contributed by atoms with Crippen LogP contribution in [0.2, 0.25) is 5.02 Å². The SMILES string of the molecule is O=P(O)(O)C(O)(Cn1cncn1)c1ccc(Cl)cc1. The molecule has 1 heterocycles. The molecular formula is C10H11ClN3O4P. The van der Waals surface area contributed by atoms with Crippen LogP contribution in [-0.2, 0) is 16.5 Å². The summed E-state index contributed by atoms with van der Waals surface area (Å²) < 4.78 is 12.8. The maximum atomic E-state index is 11.6. The molecule has 1 aromatic carbocycles. The number of hydrogen-bond acceptors (Lipinski definition) is 4. The molecule has 0 saturated heterocycles. The zero-order valence-electron chi connectivity index (χ0n) is 9.59. The third-order valence-corrected chi connectivity index (χ3v) is 4.25. The predicted molar refractivity (Wildman–Crippen MR) is 67.4 cm³/mol. The topological polar surface area (TPSA) is 108 Å². The molecule has 1 aromatic heterocycles. The van der Waals surface area contributed by atoms with Gasteiger partial charge < -0.3 is 14.9 Å². The lowest BCUT2D eigenvalue weighted by molar-refractivity contribution is 0.0681. The van der Waals surface area contributed by atoms with Gasteiger partial charge in [-0.25, -0.2) is 9.67 Å². The summed E-state index contributed by atoms with van der Waals surface area (Å²) in [5, 5.41) is 12.1. The normalized spacial score (nSPS) is 15.2. The first-order valence-electron chi connectivity index (χ1n) is 5.19. The van der Waals surface area contributed by atoms with E-state index in [1.807, 2.05) is 0 Å². The van der Waals surface area contributed by atoms with E-state index in [1.165, 1.54) is 36.9 Å². The van der Waals surface area contributed by atoms with Crippen LogP contribution in [0.3, 0.4) is 0 Å². The van der Waals surface area contributed by atoms with Crippen molar-refractivity contribution in [1.29, 1.82) is 0 Å². The van der Waals surface area contributed by atoms with Crippen molar-refractivity contribution in [1.82, 2.24) is 14.8 Å². The van der Waals surface area contributed by atoms with E-state index in [4.69, 9.17) is 11.6 Å². The van der Waals surface area contributed by atoms with Crippen LogP contribution in [0.25, 0.3) is 0 Å². The number of aromatic nitrogens is 3. The van der Waals surface area contributed by atoms with Gasteiger partial charge in [0.1, 0.15) is 12.7 Å². The Balaban J connectivity index is 2.46. The highest BCUT2D eigenvalue weighted by atomic mass is 35.5. The first kappa shape index (κ1) is 14.2. The van der Waals surface area contributed by atoms with Gasteiger partial charge in [-0.3, -0.25) is 4.57 Å². The quantitative estimate of drug-likeness (QED) is 0.726. The lowest BCUT2D eigenvalue weighted by Gasteiger charge is -2.29. The zero-order chi connectivity index (χ0) is 14.1. The predicted octanol–water partition coefficient (Wildman–Crippen LogP) is 0.955. The Labute approximate surface area is 113 Å². The number of aliphatic hydroxyl groups is 1. The molecule has 9 heteroatoms. The highest BCUT2D eigenvalue weighted by Gasteiger charge is 2.47. The van der Waals surface area contributed by atoms with Crippen molar-refractivity contribution in [2.45, 2.75) is 11.9 Å². The summed E-state index contributed by atoms with van der Waals surface area (Å²) in [6.45, 7) is -0.418. The summed E-state index contributed by atoms with van der Waals surface area (Å²) in [6, 6.07) is 5.61. The van der Waals surface area contributed by atoms with Gasteiger partial charge >= 0.3 is 7.60 Å². The summed E-state index contributed by atoms with van der Waals surface area (Å²) >= 11 is 5.72. The fourth-order valence-corrected chi connectivity index (χ4v) is 2.55. The number of nitrogens with zero attached hydrogens (tertiary/aromatic N) is 3. The van der Waals surface area contributed by atoms with E-state index < -0.39 is 19.5 Å². The van der Waals surface area contributed by atoms with Gasteiger partial charge in [-0.1, -0.05) is 23.7 Å². The Morgan fingerprint density at radius 3 is 2.42 bits per heavy atom. The van der Waals surface area contributed by atoms with Crippen molar-refractivity contribution in [2.24, 2.45) is 0 Å².